The van der Waals surface area contributed by atoms with E-state index in [0.717, 1.165) is 48.6 Å². The molecule has 6 rings (SSSR count). The zero-order valence-corrected chi connectivity index (χ0v) is 23.4. The van der Waals surface area contributed by atoms with Gasteiger partial charge < -0.3 is 9.30 Å². The second kappa shape index (κ2) is 10.5. The average molecular weight is 552 g/mol. The number of rotatable bonds is 6. The molecule has 0 bridgehead atoms. The van der Waals surface area contributed by atoms with E-state index in [1.54, 1.807) is 19.5 Å². The number of imidazole rings is 1. The summed E-state index contributed by atoms with van der Waals surface area (Å²) < 4.78 is 13.5. The Hall–Kier alpha value is -3.11. The molecule has 0 amide bonds. The number of ether oxygens (including phenoxy) is 1. The topological polar surface area (TPSA) is 125 Å². The fourth-order valence-corrected chi connectivity index (χ4v) is 6.70. The van der Waals surface area contributed by atoms with Gasteiger partial charge in [-0.25, -0.2) is 19.7 Å². The Morgan fingerprint density at radius 3 is 2.64 bits per heavy atom. The third kappa shape index (κ3) is 4.78. The number of nitrogens with zero attached hydrogens (tertiary/aromatic N) is 6. The number of aromatic amines is 1. The van der Waals surface area contributed by atoms with Crippen LogP contribution >= 0.6 is 11.6 Å². The van der Waals surface area contributed by atoms with Crippen LogP contribution in [0.25, 0.3) is 34.1 Å². The van der Waals surface area contributed by atoms with Crippen LogP contribution in [0.5, 0.6) is 0 Å². The number of hydrogen-bond acceptors (Lipinski definition) is 8. The van der Waals surface area contributed by atoms with Gasteiger partial charge in [-0.3, -0.25) is 14.5 Å². The second-order valence-electron chi connectivity index (χ2n) is 11.3. The van der Waals surface area contributed by atoms with E-state index in [2.05, 4.69) is 33.5 Å². The highest BCUT2D eigenvalue weighted by molar-refractivity contribution is 6.30. The summed E-state index contributed by atoms with van der Waals surface area (Å²) in [7, 11) is 1.80. The van der Waals surface area contributed by atoms with E-state index in [4.69, 9.17) is 35.8 Å². The number of halogens is 1. The van der Waals surface area contributed by atoms with E-state index in [-0.39, 0.29) is 17.6 Å². The van der Waals surface area contributed by atoms with Crippen LogP contribution in [0.4, 0.5) is 0 Å². The lowest BCUT2D eigenvalue weighted by atomic mass is 9.75. The van der Waals surface area contributed by atoms with Gasteiger partial charge in [-0.15, -0.1) is 0 Å². The first-order valence-electron chi connectivity index (χ1n) is 13.9. The first-order valence-corrected chi connectivity index (χ1v) is 14.3. The van der Waals surface area contributed by atoms with E-state index >= 15 is 0 Å². The molecule has 10 nitrogen and oxygen atoms in total. The SMILES string of the molecule is COC1(c2nc3nc(-c4noc(=O)[nH]4)nc(-c4cncc(Cl)c4)c3n2CC2CCC(C)CC2)CCCCC1C. The molecule has 1 N–H and O–H groups in total. The Morgan fingerprint density at radius 2 is 1.95 bits per heavy atom. The Bertz CT molecular complexity index is 1540. The highest BCUT2D eigenvalue weighted by Gasteiger charge is 2.45. The van der Waals surface area contributed by atoms with Crippen molar-refractivity contribution in [3.8, 4) is 22.9 Å². The van der Waals surface area contributed by atoms with Crippen molar-refractivity contribution in [2.45, 2.75) is 77.4 Å². The van der Waals surface area contributed by atoms with Crippen molar-refractivity contribution < 1.29 is 9.26 Å². The molecule has 39 heavy (non-hydrogen) atoms. The molecule has 0 spiro atoms. The molecule has 2 aliphatic rings. The molecule has 0 aliphatic heterocycles. The predicted octanol–water partition coefficient (Wildman–Crippen LogP) is 5.76. The lowest BCUT2D eigenvalue weighted by Gasteiger charge is -2.41. The molecule has 2 atom stereocenters. The quantitative estimate of drug-likeness (QED) is 0.320. The average Bonchev–Trinajstić information content (AvgIpc) is 3.54. The highest BCUT2D eigenvalue weighted by Crippen LogP contribution is 2.46. The molecule has 11 heteroatoms. The predicted molar refractivity (Wildman–Crippen MR) is 147 cm³/mol. The number of fused-ring (bicyclic) bond motifs is 1. The molecule has 2 aliphatic carbocycles. The summed E-state index contributed by atoms with van der Waals surface area (Å²) in [5, 5.41) is 4.34. The third-order valence-electron chi connectivity index (χ3n) is 8.78. The zero-order valence-electron chi connectivity index (χ0n) is 22.6. The molecule has 4 heterocycles. The normalized spacial score (nSPS) is 25.8. The van der Waals surface area contributed by atoms with Gasteiger partial charge in [-0.2, -0.15) is 0 Å². The third-order valence-corrected chi connectivity index (χ3v) is 8.99. The summed E-state index contributed by atoms with van der Waals surface area (Å²) in [5.74, 6) is 2.13. The first-order chi connectivity index (χ1) is 18.9. The molecular formula is C28H34ClN7O3. The summed E-state index contributed by atoms with van der Waals surface area (Å²) in [6.45, 7) is 5.40. The maximum Gasteiger partial charge on any atom is 0.439 e. The van der Waals surface area contributed by atoms with Crippen LogP contribution in [-0.2, 0) is 16.9 Å². The van der Waals surface area contributed by atoms with Gasteiger partial charge in [0.25, 0.3) is 0 Å². The van der Waals surface area contributed by atoms with Gasteiger partial charge in [-0.1, -0.05) is 56.3 Å². The van der Waals surface area contributed by atoms with Gasteiger partial charge in [0.1, 0.15) is 22.6 Å². The minimum atomic E-state index is -0.674. The molecule has 4 aromatic heterocycles. The van der Waals surface area contributed by atoms with Crippen molar-refractivity contribution in [3.63, 3.8) is 0 Å². The number of hydrogen-bond donors (Lipinski definition) is 1. The van der Waals surface area contributed by atoms with Crippen LogP contribution in [0.3, 0.4) is 0 Å². The summed E-state index contributed by atoms with van der Waals surface area (Å²) in [5.41, 5.74) is 2.16. The number of methoxy groups -OCH3 is 1. The van der Waals surface area contributed by atoms with Gasteiger partial charge in [0.15, 0.2) is 5.65 Å². The van der Waals surface area contributed by atoms with Crippen LogP contribution in [-0.4, -0.2) is 41.8 Å². The Morgan fingerprint density at radius 1 is 1.13 bits per heavy atom. The number of pyridine rings is 1. The fraction of sp³-hybridized carbons (Fsp3) is 0.571. The summed E-state index contributed by atoms with van der Waals surface area (Å²) in [6.07, 6.45) is 12.3. The van der Waals surface area contributed by atoms with Crippen LogP contribution in [0.2, 0.25) is 5.02 Å². The fourth-order valence-electron chi connectivity index (χ4n) is 6.53. The van der Waals surface area contributed by atoms with Crippen molar-refractivity contribution in [2.75, 3.05) is 7.11 Å². The number of H-pyrrole nitrogens is 1. The van der Waals surface area contributed by atoms with Crippen LogP contribution in [0, 0.1) is 17.8 Å². The maximum atomic E-state index is 11.7. The minimum Gasteiger partial charge on any atom is -0.370 e. The smallest absolute Gasteiger partial charge is 0.370 e. The Balaban J connectivity index is 1.62. The molecule has 4 aromatic rings. The number of nitrogens with one attached hydrogen (secondary N) is 1. The zero-order chi connectivity index (χ0) is 27.1. The van der Waals surface area contributed by atoms with Gasteiger partial charge in [0.2, 0.25) is 11.6 Å². The minimum absolute atomic E-state index is 0.142. The molecule has 2 saturated carbocycles. The molecule has 2 fully saturated rings. The Kier molecular flexibility index (Phi) is 7.01. The lowest BCUT2D eigenvalue weighted by molar-refractivity contribution is -0.0923. The molecular weight excluding hydrogens is 518 g/mol. The van der Waals surface area contributed by atoms with Gasteiger partial charge in [-0.05, 0) is 49.5 Å². The summed E-state index contributed by atoms with van der Waals surface area (Å²) in [6, 6.07) is 1.83. The summed E-state index contributed by atoms with van der Waals surface area (Å²) in [4.78, 5) is 33.5. The van der Waals surface area contributed by atoms with Gasteiger partial charge >= 0.3 is 5.76 Å². The van der Waals surface area contributed by atoms with Crippen molar-refractivity contribution >= 4 is 22.8 Å². The van der Waals surface area contributed by atoms with Crippen molar-refractivity contribution in [3.05, 3.63) is 39.9 Å². The largest absolute Gasteiger partial charge is 0.439 e. The van der Waals surface area contributed by atoms with Crippen LogP contribution in [0.1, 0.15) is 71.0 Å². The molecule has 206 valence electrons. The van der Waals surface area contributed by atoms with Crippen molar-refractivity contribution in [1.82, 2.24) is 34.6 Å². The molecule has 0 radical (unpaired) electrons. The summed E-state index contributed by atoms with van der Waals surface area (Å²) >= 11 is 6.38. The van der Waals surface area contributed by atoms with Crippen molar-refractivity contribution in [1.29, 1.82) is 0 Å². The standard InChI is InChI=1S/C28H34ClN7O3/c1-16-7-9-18(10-8-16)15-36-22-21(19-12-20(29)14-30-13-19)31-24(25-34-27(37)39-35-25)32-23(22)33-26(36)28(38-3)11-5-4-6-17(28)2/h12-14,16-18H,4-11,15H2,1-3H3,(H,34,35,37). The van der Waals surface area contributed by atoms with Crippen LogP contribution < -0.4 is 5.76 Å². The molecule has 0 aromatic carbocycles. The van der Waals surface area contributed by atoms with E-state index in [9.17, 15) is 4.79 Å². The van der Waals surface area contributed by atoms with Gasteiger partial charge in [0.05, 0.1) is 5.02 Å². The van der Waals surface area contributed by atoms with E-state index in [1.807, 2.05) is 6.07 Å². The monoisotopic (exact) mass is 551 g/mol. The lowest BCUT2D eigenvalue weighted by Crippen LogP contribution is -2.41. The van der Waals surface area contributed by atoms with Gasteiger partial charge in [0, 0.05) is 31.6 Å². The Labute approximate surface area is 231 Å². The van der Waals surface area contributed by atoms with Crippen molar-refractivity contribution in [2.24, 2.45) is 17.8 Å². The van der Waals surface area contributed by atoms with E-state index in [0.29, 0.717) is 22.3 Å². The highest BCUT2D eigenvalue weighted by atomic mass is 35.5. The molecule has 2 unspecified atom stereocenters. The number of aromatic nitrogens is 7. The first kappa shape index (κ1) is 26.1. The second-order valence-corrected chi connectivity index (χ2v) is 11.8. The van der Waals surface area contributed by atoms with E-state index < -0.39 is 11.4 Å². The van der Waals surface area contributed by atoms with Crippen LogP contribution in [0.15, 0.2) is 27.8 Å². The van der Waals surface area contributed by atoms with E-state index in [1.165, 1.54) is 32.1 Å². The maximum absolute atomic E-state index is 11.7. The molecule has 0 saturated heterocycles.